The highest BCUT2D eigenvalue weighted by Crippen LogP contribution is 2.15. The molecule has 0 saturated carbocycles. The second-order valence-electron chi connectivity index (χ2n) is 19.9. The fourth-order valence-corrected chi connectivity index (χ4v) is 8.36. The van der Waals surface area contributed by atoms with Crippen LogP contribution in [0.2, 0.25) is 0 Å². The molecule has 404 valence electrons. The van der Waals surface area contributed by atoms with E-state index >= 15 is 0 Å². The van der Waals surface area contributed by atoms with Gasteiger partial charge in [-0.15, -0.1) is 0 Å². The van der Waals surface area contributed by atoms with Crippen molar-refractivity contribution in [3.63, 3.8) is 0 Å². The third-order valence-corrected chi connectivity index (χ3v) is 12.9. The lowest BCUT2D eigenvalue weighted by Crippen LogP contribution is -2.30. The molecular formula is C64H112O6. The summed E-state index contributed by atoms with van der Waals surface area (Å²) in [6.07, 6.45) is 74.6. The van der Waals surface area contributed by atoms with Gasteiger partial charge in [0.05, 0.1) is 0 Å². The fourth-order valence-electron chi connectivity index (χ4n) is 8.36. The maximum absolute atomic E-state index is 12.9. The van der Waals surface area contributed by atoms with E-state index in [0.717, 1.165) is 109 Å². The molecule has 0 radical (unpaired) electrons. The van der Waals surface area contributed by atoms with Crippen molar-refractivity contribution in [3.05, 3.63) is 72.9 Å². The van der Waals surface area contributed by atoms with Crippen molar-refractivity contribution in [2.45, 2.75) is 303 Å². The number of rotatable bonds is 54. The van der Waals surface area contributed by atoms with Gasteiger partial charge in [-0.1, -0.05) is 241 Å². The highest BCUT2D eigenvalue weighted by molar-refractivity contribution is 5.71. The van der Waals surface area contributed by atoms with E-state index in [0.29, 0.717) is 19.3 Å². The van der Waals surface area contributed by atoms with Crippen molar-refractivity contribution in [2.24, 2.45) is 0 Å². The lowest BCUT2D eigenvalue weighted by atomic mass is 10.1. The zero-order chi connectivity index (χ0) is 50.7. The summed E-state index contributed by atoms with van der Waals surface area (Å²) in [6, 6.07) is 0. The first-order valence-electron chi connectivity index (χ1n) is 29.9. The third kappa shape index (κ3) is 55.8. The molecule has 0 N–H and O–H groups in total. The van der Waals surface area contributed by atoms with E-state index in [1.807, 2.05) is 0 Å². The minimum Gasteiger partial charge on any atom is -0.462 e. The molecule has 0 rings (SSSR count). The number of hydrogen-bond donors (Lipinski definition) is 0. The molecular weight excluding hydrogens is 865 g/mol. The van der Waals surface area contributed by atoms with E-state index in [-0.39, 0.29) is 31.1 Å². The van der Waals surface area contributed by atoms with Gasteiger partial charge in [0.2, 0.25) is 0 Å². The summed E-state index contributed by atoms with van der Waals surface area (Å²) in [4.78, 5) is 38.2. The molecule has 0 aromatic heterocycles. The van der Waals surface area contributed by atoms with Crippen LogP contribution in [-0.4, -0.2) is 37.2 Å². The van der Waals surface area contributed by atoms with Crippen LogP contribution in [0.5, 0.6) is 0 Å². The summed E-state index contributed by atoms with van der Waals surface area (Å²) in [5, 5.41) is 0. The van der Waals surface area contributed by atoms with Crippen LogP contribution in [0.4, 0.5) is 0 Å². The van der Waals surface area contributed by atoms with Crippen molar-refractivity contribution in [2.75, 3.05) is 13.2 Å². The fraction of sp³-hybridized carbons (Fsp3) is 0.766. The Kier molecular flexibility index (Phi) is 55.8. The summed E-state index contributed by atoms with van der Waals surface area (Å²) in [5.74, 6) is -0.902. The van der Waals surface area contributed by atoms with Gasteiger partial charge in [0.25, 0.3) is 0 Å². The zero-order valence-electron chi connectivity index (χ0n) is 46.3. The molecule has 6 heteroatoms. The predicted molar refractivity (Wildman–Crippen MR) is 302 cm³/mol. The summed E-state index contributed by atoms with van der Waals surface area (Å²) in [5.41, 5.74) is 0. The first kappa shape index (κ1) is 66.9. The Bertz CT molecular complexity index is 1310. The van der Waals surface area contributed by atoms with Gasteiger partial charge in [0.1, 0.15) is 13.2 Å². The summed E-state index contributed by atoms with van der Waals surface area (Å²) < 4.78 is 16.9. The maximum atomic E-state index is 12.9. The first-order valence-corrected chi connectivity index (χ1v) is 29.9. The van der Waals surface area contributed by atoms with E-state index in [9.17, 15) is 14.4 Å². The molecule has 0 aromatic rings. The number of hydrogen-bond acceptors (Lipinski definition) is 6. The van der Waals surface area contributed by atoms with Gasteiger partial charge < -0.3 is 14.2 Å². The zero-order valence-corrected chi connectivity index (χ0v) is 46.3. The number of carbonyl (C=O) groups excluding carboxylic acids is 3. The number of unbranched alkanes of at least 4 members (excludes halogenated alkanes) is 31. The predicted octanol–water partition coefficient (Wildman–Crippen LogP) is 20.2. The number of esters is 3. The van der Waals surface area contributed by atoms with E-state index in [1.165, 1.54) is 148 Å². The van der Waals surface area contributed by atoms with Crippen LogP contribution < -0.4 is 0 Å². The highest BCUT2D eigenvalue weighted by atomic mass is 16.6. The molecule has 0 saturated heterocycles. The Balaban J connectivity index is 4.37. The molecule has 0 aliphatic rings. The van der Waals surface area contributed by atoms with Crippen molar-refractivity contribution in [1.29, 1.82) is 0 Å². The van der Waals surface area contributed by atoms with Crippen molar-refractivity contribution < 1.29 is 28.6 Å². The quantitative estimate of drug-likeness (QED) is 0.0261. The Morgan fingerprint density at radius 1 is 0.286 bits per heavy atom. The smallest absolute Gasteiger partial charge is 0.306 e. The molecule has 1 atom stereocenters. The largest absolute Gasteiger partial charge is 0.462 e. The van der Waals surface area contributed by atoms with Gasteiger partial charge in [0.15, 0.2) is 6.10 Å². The Morgan fingerprint density at radius 2 is 0.543 bits per heavy atom. The second-order valence-corrected chi connectivity index (χ2v) is 19.9. The molecule has 0 fully saturated rings. The molecule has 70 heavy (non-hydrogen) atoms. The summed E-state index contributed by atoms with van der Waals surface area (Å²) >= 11 is 0. The average molecular weight is 978 g/mol. The maximum Gasteiger partial charge on any atom is 0.306 e. The van der Waals surface area contributed by atoms with Crippen LogP contribution in [0.25, 0.3) is 0 Å². The summed E-state index contributed by atoms with van der Waals surface area (Å²) in [6.45, 7) is 6.55. The molecule has 1 unspecified atom stereocenters. The Hall–Kier alpha value is -3.15. The van der Waals surface area contributed by atoms with Crippen LogP contribution in [0, 0.1) is 0 Å². The van der Waals surface area contributed by atoms with Gasteiger partial charge in [-0.25, -0.2) is 0 Å². The van der Waals surface area contributed by atoms with E-state index < -0.39 is 6.10 Å². The minimum atomic E-state index is -0.788. The third-order valence-electron chi connectivity index (χ3n) is 12.9. The number of ether oxygens (including phenoxy) is 3. The van der Waals surface area contributed by atoms with Crippen molar-refractivity contribution >= 4 is 17.9 Å². The van der Waals surface area contributed by atoms with Crippen molar-refractivity contribution in [3.8, 4) is 0 Å². The molecule has 0 aliphatic carbocycles. The molecule has 0 aromatic carbocycles. The van der Waals surface area contributed by atoms with Gasteiger partial charge in [-0.3, -0.25) is 14.4 Å². The Labute approximate surface area is 433 Å². The lowest BCUT2D eigenvalue weighted by Gasteiger charge is -2.18. The van der Waals surface area contributed by atoms with Crippen LogP contribution in [0.3, 0.4) is 0 Å². The van der Waals surface area contributed by atoms with Crippen LogP contribution in [-0.2, 0) is 28.6 Å². The van der Waals surface area contributed by atoms with E-state index in [4.69, 9.17) is 14.2 Å². The SMILES string of the molecule is CCC/C=C\C/C=C\CCCCCCCC(=O)OCC(COC(=O)CCCCCCCCCCC/C=C\C/C=C\CCCCCCC)OC(=O)CCCCCCCCC/C=C\C/C=C\CCCCCC. The van der Waals surface area contributed by atoms with Crippen LogP contribution in [0.15, 0.2) is 72.9 Å². The number of carbonyl (C=O) groups is 3. The molecule has 0 aliphatic heterocycles. The monoisotopic (exact) mass is 977 g/mol. The highest BCUT2D eigenvalue weighted by Gasteiger charge is 2.19. The van der Waals surface area contributed by atoms with Gasteiger partial charge in [-0.2, -0.15) is 0 Å². The molecule has 0 heterocycles. The summed E-state index contributed by atoms with van der Waals surface area (Å²) in [7, 11) is 0. The second kappa shape index (κ2) is 58.4. The first-order chi connectivity index (χ1) is 34.5. The van der Waals surface area contributed by atoms with E-state index in [2.05, 4.69) is 93.7 Å². The minimum absolute atomic E-state index is 0.0849. The van der Waals surface area contributed by atoms with Crippen molar-refractivity contribution in [1.82, 2.24) is 0 Å². The van der Waals surface area contributed by atoms with Gasteiger partial charge >= 0.3 is 17.9 Å². The standard InChI is InChI=1S/C64H112O6/c1-4-7-10-13-16-19-22-25-27-29-31-32-33-35-36-39-42-45-48-51-54-57-63(66)69-60-61(59-68-62(65)56-53-50-47-44-41-38-24-21-18-15-12-9-6-3)70-64(67)58-55-52-49-46-43-40-37-34-30-28-26-23-20-17-14-11-8-5-2/h12,15,20-25,28-31,61H,4-11,13-14,16-19,26-27,32-60H2,1-3H3/b15-12-,23-20-,24-21-,25-22-,30-28-,31-29-. The Morgan fingerprint density at radius 3 is 0.857 bits per heavy atom. The van der Waals surface area contributed by atoms with Gasteiger partial charge in [-0.05, 0) is 109 Å². The lowest BCUT2D eigenvalue weighted by molar-refractivity contribution is -0.167. The van der Waals surface area contributed by atoms with E-state index in [1.54, 1.807) is 0 Å². The van der Waals surface area contributed by atoms with Crippen LogP contribution >= 0.6 is 0 Å². The average Bonchev–Trinajstić information content (AvgIpc) is 3.36. The van der Waals surface area contributed by atoms with Crippen LogP contribution in [0.1, 0.15) is 297 Å². The molecule has 6 nitrogen and oxygen atoms in total. The van der Waals surface area contributed by atoms with Gasteiger partial charge in [0, 0.05) is 19.3 Å². The molecule has 0 amide bonds. The molecule has 0 bridgehead atoms. The number of allylic oxidation sites excluding steroid dienone is 12. The molecule has 0 spiro atoms. The normalized spacial score (nSPS) is 12.6. The topological polar surface area (TPSA) is 78.9 Å².